The predicted octanol–water partition coefficient (Wildman–Crippen LogP) is 3.32. The summed E-state index contributed by atoms with van der Waals surface area (Å²) in [5, 5.41) is 2.94. The quantitative estimate of drug-likeness (QED) is 0.805. The number of hydrogen-bond acceptors (Lipinski definition) is 4. The molecule has 0 saturated carbocycles. The van der Waals surface area contributed by atoms with Gasteiger partial charge >= 0.3 is 0 Å². The highest BCUT2D eigenvalue weighted by atomic mass is 32.2. The van der Waals surface area contributed by atoms with E-state index in [-0.39, 0.29) is 17.2 Å². The molecule has 0 aliphatic carbocycles. The van der Waals surface area contributed by atoms with Crippen molar-refractivity contribution in [2.75, 3.05) is 20.6 Å². The molecule has 1 N–H and O–H groups in total. The molecule has 1 aromatic carbocycles. The van der Waals surface area contributed by atoms with Gasteiger partial charge in [-0.1, -0.05) is 30.3 Å². The highest BCUT2D eigenvalue weighted by Gasteiger charge is 2.20. The van der Waals surface area contributed by atoms with Gasteiger partial charge in [-0.05, 0) is 38.7 Å². The summed E-state index contributed by atoms with van der Waals surface area (Å²) in [4.78, 5) is 14.3. The zero-order valence-electron chi connectivity index (χ0n) is 13.9. The molecule has 124 valence electrons. The molecule has 1 amide bonds. The minimum Gasteiger partial charge on any atom is -0.468 e. The van der Waals surface area contributed by atoms with E-state index in [1.807, 2.05) is 56.3 Å². The van der Waals surface area contributed by atoms with Crippen LogP contribution in [0.5, 0.6) is 0 Å². The number of rotatable bonds is 8. The molecule has 2 rings (SSSR count). The molecule has 0 fully saturated rings. The smallest absolute Gasteiger partial charge is 0.232 e. The molecule has 2 atom stereocenters. The lowest BCUT2D eigenvalue weighted by Crippen LogP contribution is -2.37. The third-order valence-corrected chi connectivity index (χ3v) is 4.89. The van der Waals surface area contributed by atoms with Crippen LogP contribution in [0.1, 0.15) is 24.3 Å². The van der Waals surface area contributed by atoms with Crippen LogP contribution in [0.15, 0.2) is 53.1 Å². The molecular formula is C18H24N2O2S. The van der Waals surface area contributed by atoms with E-state index < -0.39 is 0 Å². The first-order chi connectivity index (χ1) is 11.1. The zero-order chi connectivity index (χ0) is 16.7. The van der Waals surface area contributed by atoms with E-state index in [2.05, 4.69) is 17.4 Å². The molecule has 2 aromatic rings. The van der Waals surface area contributed by atoms with Crippen LogP contribution >= 0.6 is 11.8 Å². The Hall–Kier alpha value is -1.72. The van der Waals surface area contributed by atoms with Gasteiger partial charge in [-0.15, -0.1) is 11.8 Å². The molecule has 0 bridgehead atoms. The van der Waals surface area contributed by atoms with Gasteiger partial charge in [0.1, 0.15) is 5.76 Å². The molecule has 0 aliphatic heterocycles. The number of likely N-dealkylation sites (N-methyl/N-ethyl adjacent to an activating group) is 1. The number of nitrogens with zero attached hydrogens (tertiary/aromatic N) is 1. The second kappa shape index (κ2) is 8.79. The molecule has 0 unspecified atom stereocenters. The van der Waals surface area contributed by atoms with Crippen LogP contribution < -0.4 is 5.32 Å². The lowest BCUT2D eigenvalue weighted by molar-refractivity contribution is -0.120. The third kappa shape index (κ3) is 5.44. The van der Waals surface area contributed by atoms with Gasteiger partial charge < -0.3 is 9.73 Å². The Morgan fingerprint density at radius 3 is 2.57 bits per heavy atom. The normalized spacial score (nSPS) is 13.7. The van der Waals surface area contributed by atoms with Gasteiger partial charge in [-0.25, -0.2) is 0 Å². The zero-order valence-corrected chi connectivity index (χ0v) is 14.7. The summed E-state index contributed by atoms with van der Waals surface area (Å²) in [5.41, 5.74) is 1.24. The maximum Gasteiger partial charge on any atom is 0.232 e. The summed E-state index contributed by atoms with van der Waals surface area (Å²) in [6.45, 7) is 2.48. The van der Waals surface area contributed by atoms with E-state index in [0.717, 1.165) is 11.5 Å². The van der Waals surface area contributed by atoms with Gasteiger partial charge in [-0.3, -0.25) is 9.69 Å². The maximum atomic E-state index is 12.3. The van der Waals surface area contributed by atoms with E-state index in [9.17, 15) is 4.79 Å². The first kappa shape index (κ1) is 17.6. The van der Waals surface area contributed by atoms with Crippen LogP contribution in [0.4, 0.5) is 0 Å². The lowest BCUT2D eigenvalue weighted by Gasteiger charge is -2.23. The average Bonchev–Trinajstić information content (AvgIpc) is 3.07. The summed E-state index contributed by atoms with van der Waals surface area (Å²) in [5.74, 6) is 1.76. The van der Waals surface area contributed by atoms with Crippen molar-refractivity contribution in [3.8, 4) is 0 Å². The Labute approximate surface area is 142 Å². The molecule has 0 radical (unpaired) electrons. The minimum absolute atomic E-state index is 0.0419. The van der Waals surface area contributed by atoms with Crippen LogP contribution in [0.3, 0.4) is 0 Å². The van der Waals surface area contributed by atoms with Gasteiger partial charge in [0.25, 0.3) is 0 Å². The van der Waals surface area contributed by atoms with Crippen LogP contribution in [-0.2, 0) is 10.5 Å². The molecular weight excluding hydrogens is 308 g/mol. The summed E-state index contributed by atoms with van der Waals surface area (Å²) in [6, 6.07) is 14.0. The second-order valence-electron chi connectivity index (χ2n) is 5.68. The molecule has 4 nitrogen and oxygen atoms in total. The number of furan rings is 1. The summed E-state index contributed by atoms with van der Waals surface area (Å²) in [6.07, 6.45) is 1.66. The molecule has 1 aromatic heterocycles. The number of benzene rings is 1. The Kier molecular flexibility index (Phi) is 6.74. The van der Waals surface area contributed by atoms with Gasteiger partial charge in [0.15, 0.2) is 0 Å². The number of carbonyl (C=O) groups is 1. The monoisotopic (exact) mass is 332 g/mol. The Morgan fingerprint density at radius 1 is 1.22 bits per heavy atom. The Bertz CT molecular complexity index is 584. The van der Waals surface area contributed by atoms with Crippen molar-refractivity contribution in [3.05, 3.63) is 60.1 Å². The van der Waals surface area contributed by atoms with E-state index in [4.69, 9.17) is 4.42 Å². The van der Waals surface area contributed by atoms with E-state index in [0.29, 0.717) is 6.54 Å². The van der Waals surface area contributed by atoms with Crippen LogP contribution in [0.25, 0.3) is 0 Å². The van der Waals surface area contributed by atoms with Crippen LogP contribution in [0, 0.1) is 0 Å². The van der Waals surface area contributed by atoms with Crippen LogP contribution in [0.2, 0.25) is 0 Å². The molecule has 0 aliphatic rings. The largest absolute Gasteiger partial charge is 0.468 e. The number of nitrogens with one attached hydrogen (secondary N) is 1. The fourth-order valence-corrected chi connectivity index (χ4v) is 3.10. The molecule has 0 saturated heterocycles. The number of amides is 1. The van der Waals surface area contributed by atoms with Gasteiger partial charge in [0.2, 0.25) is 5.91 Å². The SMILES string of the molecule is C[C@H](SCc1ccccc1)C(=O)NC[C@@H](c1ccco1)N(C)C. The number of carbonyl (C=O) groups excluding carboxylic acids is 1. The highest BCUT2D eigenvalue weighted by Crippen LogP contribution is 2.20. The standard InChI is InChI=1S/C18H24N2O2S/c1-14(23-13-15-8-5-4-6-9-15)18(21)19-12-16(20(2)3)17-10-7-11-22-17/h4-11,14,16H,12-13H2,1-3H3,(H,19,21)/t14-,16-/m0/s1. The topological polar surface area (TPSA) is 45.5 Å². The third-order valence-electron chi connectivity index (χ3n) is 3.68. The number of hydrogen-bond donors (Lipinski definition) is 1. The van der Waals surface area contributed by atoms with Crippen LogP contribution in [-0.4, -0.2) is 36.7 Å². The lowest BCUT2D eigenvalue weighted by atomic mass is 10.2. The van der Waals surface area contributed by atoms with Gasteiger partial charge in [0.05, 0.1) is 17.6 Å². The van der Waals surface area contributed by atoms with Crippen molar-refractivity contribution in [2.45, 2.75) is 24.0 Å². The summed E-state index contributed by atoms with van der Waals surface area (Å²) < 4.78 is 5.46. The second-order valence-corrected chi connectivity index (χ2v) is 7.01. The van der Waals surface area contributed by atoms with E-state index >= 15 is 0 Å². The maximum absolute atomic E-state index is 12.3. The summed E-state index contributed by atoms with van der Waals surface area (Å²) >= 11 is 1.65. The Balaban J connectivity index is 1.81. The van der Waals surface area contributed by atoms with Gasteiger partial charge in [-0.2, -0.15) is 0 Å². The van der Waals surface area contributed by atoms with E-state index in [1.165, 1.54) is 5.56 Å². The Morgan fingerprint density at radius 2 is 1.96 bits per heavy atom. The molecule has 1 heterocycles. The van der Waals surface area contributed by atoms with Crippen molar-refractivity contribution in [1.29, 1.82) is 0 Å². The van der Waals surface area contributed by atoms with Crippen molar-refractivity contribution >= 4 is 17.7 Å². The van der Waals surface area contributed by atoms with E-state index in [1.54, 1.807) is 18.0 Å². The first-order valence-corrected chi connectivity index (χ1v) is 8.76. The first-order valence-electron chi connectivity index (χ1n) is 7.71. The molecule has 23 heavy (non-hydrogen) atoms. The number of thioether (sulfide) groups is 1. The van der Waals surface area contributed by atoms with Crippen molar-refractivity contribution < 1.29 is 9.21 Å². The summed E-state index contributed by atoms with van der Waals surface area (Å²) in [7, 11) is 3.96. The minimum atomic E-state index is -0.0883. The molecule has 5 heteroatoms. The van der Waals surface area contributed by atoms with Crippen molar-refractivity contribution in [1.82, 2.24) is 10.2 Å². The van der Waals surface area contributed by atoms with Crippen molar-refractivity contribution in [2.24, 2.45) is 0 Å². The van der Waals surface area contributed by atoms with Crippen molar-refractivity contribution in [3.63, 3.8) is 0 Å². The van der Waals surface area contributed by atoms with Gasteiger partial charge in [0, 0.05) is 12.3 Å². The fourth-order valence-electron chi connectivity index (χ4n) is 2.23. The average molecular weight is 332 g/mol. The molecule has 0 spiro atoms. The fraction of sp³-hybridized carbons (Fsp3) is 0.389. The highest BCUT2D eigenvalue weighted by molar-refractivity contribution is 7.99. The predicted molar refractivity (Wildman–Crippen MR) is 95.3 cm³/mol.